The molecule has 15 heavy (non-hydrogen) atoms. The molecule has 0 aromatic rings. The molecule has 1 aliphatic carbocycles. The normalized spacial score (nSPS) is 29.1. The smallest absolute Gasteiger partial charge is 0.0727 e. The lowest BCUT2D eigenvalue weighted by Gasteiger charge is -2.45. The zero-order valence-corrected chi connectivity index (χ0v) is 9.58. The van der Waals surface area contributed by atoms with Crippen molar-refractivity contribution in [2.24, 2.45) is 17.1 Å². The van der Waals surface area contributed by atoms with Crippen molar-refractivity contribution in [1.29, 1.82) is 5.26 Å². The Morgan fingerprint density at radius 1 is 1.40 bits per heavy atom. The lowest BCUT2D eigenvalue weighted by molar-refractivity contribution is 0.0926. The van der Waals surface area contributed by atoms with E-state index in [1.165, 1.54) is 19.3 Å². The van der Waals surface area contributed by atoms with Gasteiger partial charge in [0.2, 0.25) is 0 Å². The zero-order chi connectivity index (χ0) is 10.9. The summed E-state index contributed by atoms with van der Waals surface area (Å²) in [6.45, 7) is 2.28. The standard InChI is InChI=1S/C12H21N3/c1-15-7-3-10(4-8-15)11(14)12(9-13)5-2-6-12/h10-11H,2-8,14H2,1H3. The summed E-state index contributed by atoms with van der Waals surface area (Å²) < 4.78 is 0. The predicted molar refractivity (Wildman–Crippen MR) is 60.1 cm³/mol. The molecular formula is C12H21N3. The Kier molecular flexibility index (Phi) is 2.99. The van der Waals surface area contributed by atoms with Crippen LogP contribution in [0.15, 0.2) is 0 Å². The van der Waals surface area contributed by atoms with E-state index in [1.807, 2.05) is 0 Å². The highest BCUT2D eigenvalue weighted by atomic mass is 15.1. The van der Waals surface area contributed by atoms with E-state index in [0.717, 1.165) is 25.9 Å². The minimum Gasteiger partial charge on any atom is -0.326 e. The van der Waals surface area contributed by atoms with E-state index < -0.39 is 0 Å². The van der Waals surface area contributed by atoms with E-state index in [9.17, 15) is 5.26 Å². The Hall–Kier alpha value is -0.590. The van der Waals surface area contributed by atoms with Crippen molar-refractivity contribution in [3.05, 3.63) is 0 Å². The van der Waals surface area contributed by atoms with Crippen molar-refractivity contribution in [1.82, 2.24) is 4.90 Å². The maximum Gasteiger partial charge on any atom is 0.0727 e. The summed E-state index contributed by atoms with van der Waals surface area (Å²) in [6, 6.07) is 2.60. The van der Waals surface area contributed by atoms with E-state index >= 15 is 0 Å². The second-order valence-electron chi connectivity index (χ2n) is 5.29. The molecule has 0 radical (unpaired) electrons. The highest BCUT2D eigenvalue weighted by Gasteiger charge is 2.46. The molecule has 3 nitrogen and oxygen atoms in total. The first-order valence-electron chi connectivity index (χ1n) is 6.03. The van der Waals surface area contributed by atoms with Gasteiger partial charge in [-0.25, -0.2) is 0 Å². The van der Waals surface area contributed by atoms with Crippen LogP contribution < -0.4 is 5.73 Å². The number of hydrogen-bond acceptors (Lipinski definition) is 3. The van der Waals surface area contributed by atoms with Gasteiger partial charge in [0.15, 0.2) is 0 Å². The molecule has 0 aromatic heterocycles. The summed E-state index contributed by atoms with van der Waals surface area (Å²) in [5, 5.41) is 9.25. The molecule has 3 heteroatoms. The van der Waals surface area contributed by atoms with Crippen molar-refractivity contribution in [3.63, 3.8) is 0 Å². The fourth-order valence-corrected chi connectivity index (χ4v) is 2.92. The largest absolute Gasteiger partial charge is 0.326 e. The van der Waals surface area contributed by atoms with Crippen LogP contribution in [-0.2, 0) is 0 Å². The lowest BCUT2D eigenvalue weighted by atomic mass is 9.61. The molecule has 2 rings (SSSR count). The first-order valence-corrected chi connectivity index (χ1v) is 6.03. The van der Waals surface area contributed by atoms with Crippen LogP contribution in [0.2, 0.25) is 0 Å². The number of nitrogens with two attached hydrogens (primary N) is 1. The van der Waals surface area contributed by atoms with Crippen LogP contribution in [-0.4, -0.2) is 31.1 Å². The number of rotatable bonds is 2. The van der Waals surface area contributed by atoms with Crippen LogP contribution >= 0.6 is 0 Å². The molecule has 2 fully saturated rings. The Morgan fingerprint density at radius 2 is 2.00 bits per heavy atom. The minimum absolute atomic E-state index is 0.116. The third-order valence-corrected chi connectivity index (χ3v) is 4.38. The molecule has 2 N–H and O–H groups in total. The summed E-state index contributed by atoms with van der Waals surface area (Å²) >= 11 is 0. The second-order valence-corrected chi connectivity index (χ2v) is 5.29. The fraction of sp³-hybridized carbons (Fsp3) is 0.917. The Bertz CT molecular complexity index is 257. The molecule has 1 saturated carbocycles. The topological polar surface area (TPSA) is 53.0 Å². The van der Waals surface area contributed by atoms with Crippen LogP contribution in [0.25, 0.3) is 0 Å². The van der Waals surface area contributed by atoms with Crippen LogP contribution in [0.1, 0.15) is 32.1 Å². The van der Waals surface area contributed by atoms with Gasteiger partial charge in [0.1, 0.15) is 0 Å². The van der Waals surface area contributed by atoms with Crippen LogP contribution in [0.3, 0.4) is 0 Å². The molecule has 1 saturated heterocycles. The summed E-state index contributed by atoms with van der Waals surface area (Å²) in [6.07, 6.45) is 5.57. The fourth-order valence-electron chi connectivity index (χ4n) is 2.92. The molecule has 0 bridgehead atoms. The van der Waals surface area contributed by atoms with Crippen LogP contribution in [0.4, 0.5) is 0 Å². The van der Waals surface area contributed by atoms with Gasteiger partial charge in [-0.15, -0.1) is 0 Å². The number of nitriles is 1. The molecule has 0 amide bonds. The van der Waals surface area contributed by atoms with Crippen molar-refractivity contribution in [3.8, 4) is 6.07 Å². The molecular weight excluding hydrogens is 186 g/mol. The summed E-state index contributed by atoms with van der Waals surface area (Å²) in [5.74, 6) is 0.571. The van der Waals surface area contributed by atoms with Gasteiger partial charge in [-0.05, 0) is 51.7 Å². The van der Waals surface area contributed by atoms with Crippen LogP contribution in [0, 0.1) is 22.7 Å². The van der Waals surface area contributed by atoms with E-state index in [2.05, 4.69) is 18.0 Å². The molecule has 84 valence electrons. The quantitative estimate of drug-likeness (QED) is 0.743. The van der Waals surface area contributed by atoms with Gasteiger partial charge in [-0.3, -0.25) is 0 Å². The SMILES string of the molecule is CN1CCC(C(N)C2(C#N)CCC2)CC1. The first-order chi connectivity index (χ1) is 7.18. The van der Waals surface area contributed by atoms with E-state index in [1.54, 1.807) is 0 Å². The van der Waals surface area contributed by atoms with Gasteiger partial charge in [0.25, 0.3) is 0 Å². The van der Waals surface area contributed by atoms with E-state index in [4.69, 9.17) is 5.73 Å². The van der Waals surface area contributed by atoms with Gasteiger partial charge >= 0.3 is 0 Å². The van der Waals surface area contributed by atoms with Crippen molar-refractivity contribution < 1.29 is 0 Å². The molecule has 0 spiro atoms. The third kappa shape index (κ3) is 1.89. The monoisotopic (exact) mass is 207 g/mol. The Balaban J connectivity index is 1.96. The van der Waals surface area contributed by atoms with Gasteiger partial charge < -0.3 is 10.6 Å². The number of likely N-dealkylation sites (tertiary alicyclic amines) is 1. The number of nitrogens with zero attached hydrogens (tertiary/aromatic N) is 2. The van der Waals surface area contributed by atoms with Crippen LogP contribution in [0.5, 0.6) is 0 Å². The third-order valence-electron chi connectivity index (χ3n) is 4.38. The average molecular weight is 207 g/mol. The van der Waals surface area contributed by atoms with Gasteiger partial charge in [-0.1, -0.05) is 6.42 Å². The van der Waals surface area contributed by atoms with Gasteiger partial charge in [0, 0.05) is 6.04 Å². The Morgan fingerprint density at radius 3 is 2.40 bits per heavy atom. The molecule has 1 heterocycles. The zero-order valence-electron chi connectivity index (χ0n) is 9.58. The first kappa shape index (κ1) is 10.9. The summed E-state index contributed by atoms with van der Waals surface area (Å²) in [5.41, 5.74) is 6.14. The second kappa shape index (κ2) is 4.11. The lowest BCUT2D eigenvalue weighted by Crippen LogP contribution is -2.52. The Labute approximate surface area is 92.2 Å². The highest BCUT2D eigenvalue weighted by molar-refractivity contribution is 5.12. The number of piperidine rings is 1. The number of hydrogen-bond donors (Lipinski definition) is 1. The van der Waals surface area contributed by atoms with Crippen molar-refractivity contribution in [2.45, 2.75) is 38.1 Å². The summed E-state index contributed by atoms with van der Waals surface area (Å²) in [7, 11) is 2.16. The average Bonchev–Trinajstić information content (AvgIpc) is 2.18. The van der Waals surface area contributed by atoms with E-state index in [0.29, 0.717) is 5.92 Å². The molecule has 1 atom stereocenters. The van der Waals surface area contributed by atoms with Crippen molar-refractivity contribution in [2.75, 3.05) is 20.1 Å². The molecule has 1 aliphatic heterocycles. The highest BCUT2D eigenvalue weighted by Crippen LogP contribution is 2.46. The predicted octanol–water partition coefficient (Wildman–Crippen LogP) is 1.35. The van der Waals surface area contributed by atoms with Gasteiger partial charge in [-0.2, -0.15) is 5.26 Å². The van der Waals surface area contributed by atoms with Gasteiger partial charge in [0.05, 0.1) is 11.5 Å². The van der Waals surface area contributed by atoms with Crippen molar-refractivity contribution >= 4 is 0 Å². The maximum atomic E-state index is 9.25. The minimum atomic E-state index is -0.166. The summed E-state index contributed by atoms with van der Waals surface area (Å²) in [4.78, 5) is 2.35. The molecule has 1 unspecified atom stereocenters. The molecule has 2 aliphatic rings. The maximum absolute atomic E-state index is 9.25. The molecule has 0 aromatic carbocycles. The van der Waals surface area contributed by atoms with E-state index in [-0.39, 0.29) is 11.5 Å².